The van der Waals surface area contributed by atoms with E-state index in [0.717, 1.165) is 11.4 Å². The Hall–Kier alpha value is -1.75. The van der Waals surface area contributed by atoms with E-state index < -0.39 is 5.54 Å². The van der Waals surface area contributed by atoms with Crippen molar-refractivity contribution in [3.05, 3.63) is 24.3 Å². The van der Waals surface area contributed by atoms with E-state index in [9.17, 15) is 4.79 Å². The molecule has 1 atom stereocenters. The van der Waals surface area contributed by atoms with Crippen molar-refractivity contribution < 1.29 is 19.0 Å². The number of nitrogens with one attached hydrogen (secondary N) is 1. The van der Waals surface area contributed by atoms with Crippen LogP contribution >= 0.6 is 0 Å². The lowest BCUT2D eigenvalue weighted by Gasteiger charge is -2.31. The minimum Gasteiger partial charge on any atom is -0.497 e. The molecule has 1 N–H and O–H groups in total. The molecule has 5 heteroatoms. The molecular formula is C14H21NO4. The Kier molecular flexibility index (Phi) is 5.63. The van der Waals surface area contributed by atoms with Crippen molar-refractivity contribution in [2.45, 2.75) is 18.9 Å². The number of hydrogen-bond donors (Lipinski definition) is 1. The highest BCUT2D eigenvalue weighted by Gasteiger charge is 2.38. The summed E-state index contributed by atoms with van der Waals surface area (Å²) in [4.78, 5) is 12.0. The summed E-state index contributed by atoms with van der Waals surface area (Å²) >= 11 is 0. The number of anilines is 1. The molecule has 0 heterocycles. The van der Waals surface area contributed by atoms with Crippen LogP contribution in [0.1, 0.15) is 13.3 Å². The molecule has 106 valence electrons. The SMILES string of the molecule is CCC(COC)(Nc1ccc(OC)cc1)C(=O)OC. The third-order valence-corrected chi connectivity index (χ3v) is 3.04. The Morgan fingerprint density at radius 1 is 1.21 bits per heavy atom. The number of carbonyl (C=O) groups is 1. The number of esters is 1. The van der Waals surface area contributed by atoms with Crippen molar-refractivity contribution in [2.75, 3.05) is 33.3 Å². The lowest BCUT2D eigenvalue weighted by atomic mass is 9.96. The van der Waals surface area contributed by atoms with E-state index in [-0.39, 0.29) is 12.6 Å². The van der Waals surface area contributed by atoms with Crippen molar-refractivity contribution in [3.8, 4) is 5.75 Å². The van der Waals surface area contributed by atoms with Gasteiger partial charge in [0.2, 0.25) is 0 Å². The largest absolute Gasteiger partial charge is 0.497 e. The van der Waals surface area contributed by atoms with E-state index in [1.165, 1.54) is 7.11 Å². The number of benzene rings is 1. The van der Waals surface area contributed by atoms with Crippen LogP contribution in [0.25, 0.3) is 0 Å². The summed E-state index contributed by atoms with van der Waals surface area (Å²) in [6.07, 6.45) is 0.555. The van der Waals surface area contributed by atoms with E-state index in [4.69, 9.17) is 14.2 Å². The predicted molar refractivity (Wildman–Crippen MR) is 73.5 cm³/mol. The summed E-state index contributed by atoms with van der Waals surface area (Å²) in [5.41, 5.74) is -0.0666. The normalized spacial score (nSPS) is 13.5. The lowest BCUT2D eigenvalue weighted by Crippen LogP contribution is -2.50. The van der Waals surface area contributed by atoms with Crippen molar-refractivity contribution in [1.29, 1.82) is 0 Å². The first kappa shape index (κ1) is 15.3. The minimum absolute atomic E-state index is 0.238. The molecule has 0 radical (unpaired) electrons. The summed E-state index contributed by atoms with van der Waals surface area (Å²) in [5.74, 6) is 0.421. The van der Waals surface area contributed by atoms with Crippen LogP contribution in [0.2, 0.25) is 0 Å². The van der Waals surface area contributed by atoms with E-state index in [2.05, 4.69) is 5.32 Å². The first-order valence-corrected chi connectivity index (χ1v) is 6.11. The van der Waals surface area contributed by atoms with Gasteiger partial charge in [-0.3, -0.25) is 0 Å². The standard InChI is InChI=1S/C14H21NO4/c1-5-14(10-17-2,13(16)19-4)15-11-6-8-12(18-3)9-7-11/h6-9,15H,5,10H2,1-4H3. The molecule has 0 fully saturated rings. The minimum atomic E-state index is -0.877. The molecule has 0 aliphatic carbocycles. The van der Waals surface area contributed by atoms with Crippen LogP contribution in [-0.2, 0) is 14.3 Å². The summed E-state index contributed by atoms with van der Waals surface area (Å²) in [6, 6.07) is 7.35. The van der Waals surface area contributed by atoms with Crippen molar-refractivity contribution in [1.82, 2.24) is 0 Å². The maximum Gasteiger partial charge on any atom is 0.333 e. The lowest BCUT2D eigenvalue weighted by molar-refractivity contribution is -0.148. The molecule has 0 bridgehead atoms. The van der Waals surface area contributed by atoms with Gasteiger partial charge in [0.05, 0.1) is 20.8 Å². The maximum absolute atomic E-state index is 12.0. The van der Waals surface area contributed by atoms with Gasteiger partial charge in [0.15, 0.2) is 5.54 Å². The Labute approximate surface area is 113 Å². The molecule has 0 aliphatic heterocycles. The molecule has 0 saturated heterocycles. The number of ether oxygens (including phenoxy) is 3. The molecule has 1 unspecified atom stereocenters. The summed E-state index contributed by atoms with van der Waals surface area (Å²) < 4.78 is 15.1. The van der Waals surface area contributed by atoms with Gasteiger partial charge in [0.25, 0.3) is 0 Å². The van der Waals surface area contributed by atoms with Gasteiger partial charge >= 0.3 is 5.97 Å². The highest BCUT2D eigenvalue weighted by atomic mass is 16.5. The van der Waals surface area contributed by atoms with Crippen LogP contribution in [0.4, 0.5) is 5.69 Å². The van der Waals surface area contributed by atoms with Gasteiger partial charge in [-0.1, -0.05) is 6.92 Å². The monoisotopic (exact) mass is 267 g/mol. The fourth-order valence-corrected chi connectivity index (χ4v) is 1.87. The number of rotatable bonds is 7. The molecule has 0 spiro atoms. The highest BCUT2D eigenvalue weighted by Crippen LogP contribution is 2.23. The van der Waals surface area contributed by atoms with Gasteiger partial charge in [-0.25, -0.2) is 4.79 Å². The van der Waals surface area contributed by atoms with E-state index in [1.807, 2.05) is 31.2 Å². The maximum atomic E-state index is 12.0. The average Bonchev–Trinajstić information content (AvgIpc) is 2.46. The average molecular weight is 267 g/mol. The summed E-state index contributed by atoms with van der Waals surface area (Å²) in [6.45, 7) is 2.15. The van der Waals surface area contributed by atoms with Gasteiger partial charge < -0.3 is 19.5 Å². The van der Waals surface area contributed by atoms with Crippen molar-refractivity contribution in [3.63, 3.8) is 0 Å². The first-order chi connectivity index (χ1) is 9.11. The fourth-order valence-electron chi connectivity index (χ4n) is 1.87. The van der Waals surface area contributed by atoms with Crippen LogP contribution in [0, 0.1) is 0 Å². The molecule has 5 nitrogen and oxygen atoms in total. The van der Waals surface area contributed by atoms with Crippen LogP contribution < -0.4 is 10.1 Å². The van der Waals surface area contributed by atoms with Crippen LogP contribution in [0.3, 0.4) is 0 Å². The number of hydrogen-bond acceptors (Lipinski definition) is 5. The third kappa shape index (κ3) is 3.61. The highest BCUT2D eigenvalue weighted by molar-refractivity contribution is 5.84. The molecular weight excluding hydrogens is 246 g/mol. The zero-order chi connectivity index (χ0) is 14.3. The molecule has 0 aromatic heterocycles. The Balaban J connectivity index is 2.95. The topological polar surface area (TPSA) is 56.8 Å². The second kappa shape index (κ2) is 6.99. The molecule has 0 amide bonds. The van der Waals surface area contributed by atoms with Gasteiger partial charge in [-0.15, -0.1) is 0 Å². The van der Waals surface area contributed by atoms with Crippen LogP contribution in [0.15, 0.2) is 24.3 Å². The van der Waals surface area contributed by atoms with Gasteiger partial charge in [0, 0.05) is 12.8 Å². The van der Waals surface area contributed by atoms with E-state index in [0.29, 0.717) is 6.42 Å². The van der Waals surface area contributed by atoms with Gasteiger partial charge in [0.1, 0.15) is 5.75 Å². The molecule has 0 saturated carbocycles. The second-order valence-electron chi connectivity index (χ2n) is 4.21. The second-order valence-corrected chi connectivity index (χ2v) is 4.21. The zero-order valence-electron chi connectivity index (χ0n) is 11.9. The van der Waals surface area contributed by atoms with E-state index in [1.54, 1.807) is 14.2 Å². The number of methoxy groups -OCH3 is 3. The summed E-state index contributed by atoms with van der Waals surface area (Å²) in [5, 5.41) is 3.19. The number of carbonyl (C=O) groups excluding carboxylic acids is 1. The molecule has 0 aliphatic rings. The van der Waals surface area contributed by atoms with Crippen LogP contribution in [-0.4, -0.2) is 39.4 Å². The first-order valence-electron chi connectivity index (χ1n) is 6.11. The molecule has 1 rings (SSSR count). The van der Waals surface area contributed by atoms with Gasteiger partial charge in [-0.05, 0) is 30.7 Å². The Morgan fingerprint density at radius 3 is 2.26 bits per heavy atom. The quantitative estimate of drug-likeness (QED) is 0.766. The molecule has 1 aromatic rings. The van der Waals surface area contributed by atoms with Crippen LogP contribution in [0.5, 0.6) is 5.75 Å². The third-order valence-electron chi connectivity index (χ3n) is 3.04. The van der Waals surface area contributed by atoms with Crippen molar-refractivity contribution in [2.24, 2.45) is 0 Å². The van der Waals surface area contributed by atoms with E-state index >= 15 is 0 Å². The fraction of sp³-hybridized carbons (Fsp3) is 0.500. The Morgan fingerprint density at radius 2 is 1.84 bits per heavy atom. The van der Waals surface area contributed by atoms with Gasteiger partial charge in [-0.2, -0.15) is 0 Å². The molecule has 19 heavy (non-hydrogen) atoms. The smallest absolute Gasteiger partial charge is 0.333 e. The predicted octanol–water partition coefficient (Wildman–Crippen LogP) is 2.08. The molecule has 1 aromatic carbocycles. The van der Waals surface area contributed by atoms with Crippen molar-refractivity contribution >= 4 is 11.7 Å². The zero-order valence-corrected chi connectivity index (χ0v) is 11.9. The summed E-state index contributed by atoms with van der Waals surface area (Å²) in [7, 11) is 4.54. The Bertz CT molecular complexity index is 404.